The Morgan fingerprint density at radius 1 is 1.03 bits per heavy atom. The van der Waals surface area contributed by atoms with E-state index in [1.807, 2.05) is 28.9 Å². The largest absolute Gasteiger partial charge is 0.497 e. The van der Waals surface area contributed by atoms with Crippen molar-refractivity contribution in [2.24, 2.45) is 0 Å². The summed E-state index contributed by atoms with van der Waals surface area (Å²) in [5.41, 5.74) is 9.62. The Balaban J connectivity index is 1.43. The molecule has 0 saturated heterocycles. The van der Waals surface area contributed by atoms with E-state index >= 15 is 0 Å². The van der Waals surface area contributed by atoms with Crippen LogP contribution in [0.1, 0.15) is 12.0 Å². The molecule has 168 valence electrons. The highest BCUT2D eigenvalue weighted by atomic mass is 19.1. The molecule has 9 heteroatoms. The lowest BCUT2D eigenvalue weighted by Crippen LogP contribution is -2.22. The molecule has 0 amide bonds. The average molecular weight is 446 g/mol. The van der Waals surface area contributed by atoms with Gasteiger partial charge in [0.25, 0.3) is 5.56 Å². The molecule has 0 saturated carbocycles. The lowest BCUT2D eigenvalue weighted by molar-refractivity contribution is 0.414. The minimum absolute atomic E-state index is 0.0974. The molecule has 2 aromatic carbocycles. The van der Waals surface area contributed by atoms with Crippen LogP contribution in [0.2, 0.25) is 0 Å². The van der Waals surface area contributed by atoms with Gasteiger partial charge in [0, 0.05) is 25.8 Å². The first-order valence-electron chi connectivity index (χ1n) is 10.7. The van der Waals surface area contributed by atoms with E-state index in [0.29, 0.717) is 48.1 Å². The Kier molecular flexibility index (Phi) is 5.62. The number of hydrogen-bond acceptors (Lipinski definition) is 6. The number of benzene rings is 2. The fourth-order valence-corrected chi connectivity index (χ4v) is 4.07. The van der Waals surface area contributed by atoms with Crippen molar-refractivity contribution in [2.45, 2.75) is 26.1 Å². The second-order valence-corrected chi connectivity index (χ2v) is 7.73. The maximum atomic E-state index is 13.5. The number of nitrogens with one attached hydrogen (secondary N) is 2. The zero-order valence-corrected chi connectivity index (χ0v) is 18.1. The fraction of sp³-hybridized carbons (Fsp3) is 0.208. The second-order valence-electron chi connectivity index (χ2n) is 7.73. The van der Waals surface area contributed by atoms with Gasteiger partial charge in [-0.1, -0.05) is 24.3 Å². The van der Waals surface area contributed by atoms with Crippen molar-refractivity contribution in [1.29, 1.82) is 0 Å². The van der Waals surface area contributed by atoms with Gasteiger partial charge in [0.05, 0.1) is 24.1 Å². The topological polar surface area (TPSA) is 86.0 Å². The van der Waals surface area contributed by atoms with Gasteiger partial charge in [-0.05, 0) is 47.9 Å². The van der Waals surface area contributed by atoms with Crippen LogP contribution in [-0.2, 0) is 19.6 Å². The molecule has 1 aliphatic heterocycles. The number of hydrogen-bond donors (Lipinski definition) is 2. The monoisotopic (exact) mass is 446 g/mol. The molecule has 1 aliphatic rings. The predicted molar refractivity (Wildman–Crippen MR) is 123 cm³/mol. The summed E-state index contributed by atoms with van der Waals surface area (Å²) in [4.78, 5) is 22.1. The number of ether oxygens (including phenoxy) is 1. The van der Waals surface area contributed by atoms with Crippen LogP contribution in [0.25, 0.3) is 22.5 Å². The fourth-order valence-electron chi connectivity index (χ4n) is 4.07. The maximum Gasteiger partial charge on any atom is 0.275 e. The average Bonchev–Trinajstić information content (AvgIpc) is 3.42. The first kappa shape index (κ1) is 20.9. The van der Waals surface area contributed by atoms with E-state index in [-0.39, 0.29) is 11.4 Å². The molecule has 5 rings (SSSR count). The normalized spacial score (nSPS) is 12.5. The molecule has 0 bridgehead atoms. The lowest BCUT2D eigenvalue weighted by atomic mass is 10.0. The maximum absolute atomic E-state index is 13.5. The zero-order valence-electron chi connectivity index (χ0n) is 18.1. The number of anilines is 1. The van der Waals surface area contributed by atoms with Crippen LogP contribution in [0, 0.1) is 5.82 Å². The Hall–Kier alpha value is -3.98. The van der Waals surface area contributed by atoms with Gasteiger partial charge < -0.3 is 4.74 Å². The van der Waals surface area contributed by atoms with Crippen molar-refractivity contribution < 1.29 is 9.13 Å². The van der Waals surface area contributed by atoms with Crippen LogP contribution in [0.3, 0.4) is 0 Å². The van der Waals surface area contributed by atoms with Gasteiger partial charge >= 0.3 is 0 Å². The van der Waals surface area contributed by atoms with E-state index < -0.39 is 0 Å². The number of aromatic nitrogens is 4. The first-order valence-corrected chi connectivity index (χ1v) is 10.7. The van der Waals surface area contributed by atoms with E-state index in [0.717, 1.165) is 17.7 Å². The molecule has 4 aromatic rings. The van der Waals surface area contributed by atoms with Crippen LogP contribution in [0.4, 0.5) is 10.3 Å². The van der Waals surface area contributed by atoms with Crippen LogP contribution in [0.15, 0.2) is 65.6 Å². The number of rotatable bonds is 7. The Bertz CT molecular complexity index is 1330. The number of methoxy groups -OCH3 is 1. The van der Waals surface area contributed by atoms with Gasteiger partial charge in [-0.15, -0.1) is 0 Å². The van der Waals surface area contributed by atoms with Crippen molar-refractivity contribution in [2.75, 3.05) is 12.5 Å². The lowest BCUT2D eigenvalue weighted by Gasteiger charge is -2.11. The molecule has 2 aromatic heterocycles. The smallest absolute Gasteiger partial charge is 0.275 e. The molecule has 0 unspecified atom stereocenters. The molecule has 0 spiro atoms. The van der Waals surface area contributed by atoms with Gasteiger partial charge in [0.1, 0.15) is 11.6 Å². The standard InChI is InChI=1S/C24H23FN6O2/c1-33-19-9-3-16(4-10-19)15-27-29-24-26-12-11-20(28-24)22-21(17-5-7-18(25)8-6-17)23(32)31-14-2-13-30(22)31/h3-12,27H,2,13-15H2,1H3,(H,26,28,29). The summed E-state index contributed by atoms with van der Waals surface area (Å²) >= 11 is 0. The number of hydrazine groups is 1. The van der Waals surface area contributed by atoms with Gasteiger partial charge in [-0.2, -0.15) is 0 Å². The van der Waals surface area contributed by atoms with Gasteiger partial charge in [0.2, 0.25) is 5.95 Å². The SMILES string of the molecule is COc1ccc(CNNc2nccc(-c3c(-c4ccc(F)cc4)c(=O)n4n3CCC4)n2)cc1. The van der Waals surface area contributed by atoms with E-state index in [9.17, 15) is 9.18 Å². The van der Waals surface area contributed by atoms with E-state index in [2.05, 4.69) is 20.8 Å². The molecule has 0 atom stereocenters. The summed E-state index contributed by atoms with van der Waals surface area (Å²) in [5, 5.41) is 0. The highest BCUT2D eigenvalue weighted by Gasteiger charge is 2.26. The quantitative estimate of drug-likeness (QED) is 0.423. The van der Waals surface area contributed by atoms with E-state index in [1.165, 1.54) is 12.1 Å². The first-order chi connectivity index (χ1) is 16.1. The van der Waals surface area contributed by atoms with E-state index in [1.54, 1.807) is 36.2 Å². The third-order valence-corrected chi connectivity index (χ3v) is 5.66. The molecule has 0 aliphatic carbocycles. The highest BCUT2D eigenvalue weighted by Crippen LogP contribution is 2.31. The third-order valence-electron chi connectivity index (χ3n) is 5.66. The van der Waals surface area contributed by atoms with Crippen molar-refractivity contribution in [1.82, 2.24) is 24.8 Å². The number of nitrogens with zero attached hydrogens (tertiary/aromatic N) is 4. The van der Waals surface area contributed by atoms with Crippen LogP contribution >= 0.6 is 0 Å². The second kappa shape index (κ2) is 8.87. The Morgan fingerprint density at radius 2 is 1.79 bits per heavy atom. The van der Waals surface area contributed by atoms with Crippen LogP contribution in [0.5, 0.6) is 5.75 Å². The Morgan fingerprint density at radius 3 is 2.55 bits per heavy atom. The van der Waals surface area contributed by atoms with Gasteiger partial charge in [-0.3, -0.25) is 14.9 Å². The summed E-state index contributed by atoms with van der Waals surface area (Å²) in [6.07, 6.45) is 2.53. The summed E-state index contributed by atoms with van der Waals surface area (Å²) in [5.74, 6) is 0.843. The Labute approximate surface area is 189 Å². The van der Waals surface area contributed by atoms with E-state index in [4.69, 9.17) is 4.74 Å². The third kappa shape index (κ3) is 4.10. The van der Waals surface area contributed by atoms with Crippen LogP contribution < -0.4 is 21.1 Å². The van der Waals surface area contributed by atoms with Gasteiger partial charge in [0.15, 0.2) is 0 Å². The summed E-state index contributed by atoms with van der Waals surface area (Å²) in [6.45, 7) is 1.92. The molecule has 3 heterocycles. The highest BCUT2D eigenvalue weighted by molar-refractivity contribution is 5.79. The zero-order chi connectivity index (χ0) is 22.8. The molecule has 2 N–H and O–H groups in total. The number of fused-ring (bicyclic) bond motifs is 1. The van der Waals surface area contributed by atoms with Crippen LogP contribution in [-0.4, -0.2) is 26.4 Å². The molecule has 0 radical (unpaired) electrons. The molecular formula is C24H23FN6O2. The van der Waals surface area contributed by atoms with Crippen molar-refractivity contribution in [3.63, 3.8) is 0 Å². The molecule has 8 nitrogen and oxygen atoms in total. The molecular weight excluding hydrogens is 423 g/mol. The summed E-state index contributed by atoms with van der Waals surface area (Å²) in [6, 6.07) is 15.5. The van der Waals surface area contributed by atoms with Crippen molar-refractivity contribution >= 4 is 5.95 Å². The number of halogens is 1. The molecule has 0 fully saturated rings. The van der Waals surface area contributed by atoms with Crippen molar-refractivity contribution in [3.8, 4) is 28.3 Å². The summed E-state index contributed by atoms with van der Waals surface area (Å²) < 4.78 is 22.4. The van der Waals surface area contributed by atoms with Crippen molar-refractivity contribution in [3.05, 3.63) is 82.5 Å². The summed E-state index contributed by atoms with van der Waals surface area (Å²) in [7, 11) is 1.63. The minimum Gasteiger partial charge on any atom is -0.497 e. The predicted octanol–water partition coefficient (Wildman–Crippen LogP) is 3.44. The molecule has 33 heavy (non-hydrogen) atoms. The van der Waals surface area contributed by atoms with Gasteiger partial charge in [-0.25, -0.2) is 24.5 Å². The minimum atomic E-state index is -0.344.